The highest BCUT2D eigenvalue weighted by molar-refractivity contribution is 5.83. The van der Waals surface area contributed by atoms with Gasteiger partial charge in [0.1, 0.15) is 49.9 Å². The third-order valence-corrected chi connectivity index (χ3v) is 12.9. The van der Waals surface area contributed by atoms with Crippen LogP contribution in [0, 0.1) is 23.2 Å². The molecule has 5 aliphatic rings. The molecule has 0 aromatic heterocycles. The first-order chi connectivity index (χ1) is 28.8. The number of alkyl carbamates (subject to hydrolysis) is 1. The lowest BCUT2D eigenvalue weighted by Crippen LogP contribution is -2.68. The summed E-state index contributed by atoms with van der Waals surface area (Å²) in [4.78, 5) is 43.2. The Balaban J connectivity index is 1.01. The van der Waals surface area contributed by atoms with Gasteiger partial charge in [0.25, 0.3) is 0 Å². The number of amides is 3. The minimum atomic E-state index is -1.67. The minimum Gasteiger partial charge on any atom is -0.492 e. The number of likely N-dealkylation sites (tertiary alicyclic amines) is 1. The van der Waals surface area contributed by atoms with Gasteiger partial charge in [-0.2, -0.15) is 5.26 Å². The molecule has 6 rings (SSSR count). The number of carboxylic acid groups (broad SMARTS) is 1. The van der Waals surface area contributed by atoms with Gasteiger partial charge in [0.15, 0.2) is 0 Å². The van der Waals surface area contributed by atoms with Crippen molar-refractivity contribution in [2.24, 2.45) is 11.8 Å². The predicted octanol–water partition coefficient (Wildman–Crippen LogP) is 2.25. The molecule has 4 saturated carbocycles. The number of nitriles is 1. The Bertz CT molecular complexity index is 1560. The van der Waals surface area contributed by atoms with Crippen LogP contribution < -0.4 is 10.1 Å². The minimum absolute atomic E-state index is 0.0222. The van der Waals surface area contributed by atoms with Gasteiger partial charge in [-0.15, -0.1) is 0 Å². The lowest BCUT2D eigenvalue weighted by Gasteiger charge is -2.63. The van der Waals surface area contributed by atoms with Crippen molar-refractivity contribution in [2.75, 3.05) is 65.7 Å². The molecular weight excluding hydrogens is 778 g/mol. The topological polar surface area (TPSA) is 246 Å². The van der Waals surface area contributed by atoms with E-state index in [0.29, 0.717) is 57.5 Å². The lowest BCUT2D eigenvalue weighted by atomic mass is 9.50. The molecule has 3 amide bonds. The Hall–Kier alpha value is -3.76. The highest BCUT2D eigenvalue weighted by Crippen LogP contribution is 2.60. The second kappa shape index (κ2) is 22.4. The number of hydrogen-bond acceptors (Lipinski definition) is 13. The van der Waals surface area contributed by atoms with Crippen molar-refractivity contribution in [2.45, 2.75) is 132 Å². The number of nitrogens with one attached hydrogen (secondary N) is 1. The summed E-state index contributed by atoms with van der Waals surface area (Å²) in [6, 6.07) is 9.19. The number of benzene rings is 1. The quantitative estimate of drug-likeness (QED) is 0.0699. The van der Waals surface area contributed by atoms with Crippen LogP contribution in [-0.4, -0.2) is 171 Å². The second-order valence-corrected chi connectivity index (χ2v) is 17.4. The molecule has 17 nitrogen and oxygen atoms in total. The van der Waals surface area contributed by atoms with E-state index in [1.165, 1.54) is 9.80 Å². The summed E-state index contributed by atoms with van der Waals surface area (Å²) < 4.78 is 17.6. The number of hydrogen-bond donors (Lipinski definition) is 7. The van der Waals surface area contributed by atoms with Crippen molar-refractivity contribution >= 4 is 18.1 Å². The van der Waals surface area contributed by atoms with Gasteiger partial charge in [-0.25, -0.2) is 9.59 Å². The van der Waals surface area contributed by atoms with Gasteiger partial charge in [-0.3, -0.25) is 9.69 Å². The first-order valence-electron chi connectivity index (χ1n) is 21.8. The summed E-state index contributed by atoms with van der Waals surface area (Å²) in [6.45, 7) is 3.56. The van der Waals surface area contributed by atoms with Crippen molar-refractivity contribution < 1.29 is 59.2 Å². The number of carbonyl (C=O) groups excluding carboxylic acids is 2. The van der Waals surface area contributed by atoms with Crippen molar-refractivity contribution in [3.63, 3.8) is 0 Å². The zero-order valence-electron chi connectivity index (χ0n) is 35.0. The maximum Gasteiger partial charge on any atom is 0.408 e. The van der Waals surface area contributed by atoms with Gasteiger partial charge in [0.2, 0.25) is 5.91 Å². The maximum absolute atomic E-state index is 13.3. The molecule has 336 valence electrons. The SMILES string of the molecule is CCCCCCN(CCc1ccc(OCCNC(=O)OCCOC23CC4C[C@H](C2)CC(N(CC(=O)N2CCC[C@H]2C#N)C(=O)O)(C4)C3)cc1)C[C@H](O)[C@@H](O)[C@H](O)[C@H](O)CO. The maximum atomic E-state index is 13.3. The molecule has 1 heterocycles. The Morgan fingerprint density at radius 1 is 0.967 bits per heavy atom. The van der Waals surface area contributed by atoms with Crippen LogP contribution in [-0.2, 0) is 20.7 Å². The van der Waals surface area contributed by atoms with E-state index in [1.54, 1.807) is 0 Å². The van der Waals surface area contributed by atoms with E-state index in [9.17, 15) is 45.2 Å². The molecule has 17 heteroatoms. The van der Waals surface area contributed by atoms with Crippen molar-refractivity contribution in [1.82, 2.24) is 20.0 Å². The van der Waals surface area contributed by atoms with Crippen LogP contribution in [0.15, 0.2) is 24.3 Å². The molecule has 1 saturated heterocycles. The zero-order chi connectivity index (χ0) is 43.3. The monoisotopic (exact) mass is 845 g/mol. The smallest absolute Gasteiger partial charge is 0.408 e. The molecule has 1 aromatic carbocycles. The standard InChI is InChI=1S/C43H67N5O12/c1-2-3-4-5-14-46(26-35(50)38(53)39(54)36(51)28-49)16-12-30-8-10-34(11-9-30)58-17-13-45-40(55)59-18-19-60-43-23-31-20-32(24-43)22-42(21-31,29-43)48(41(56)57)27-37(52)47-15-6-7-33(47)25-44/h8-11,31-33,35-36,38-39,49-51,53-54H,2-7,12-24,26-29H2,1H3,(H,45,55)(H,56,57)/t31-,32?,33-,35-,36+,38+,39+,42?,43?/m0/s1. The molecule has 9 atom stereocenters. The number of aliphatic hydroxyl groups excluding tert-OH is 5. The highest BCUT2D eigenvalue weighted by atomic mass is 16.6. The van der Waals surface area contributed by atoms with Crippen molar-refractivity contribution in [1.29, 1.82) is 5.26 Å². The predicted molar refractivity (Wildman–Crippen MR) is 218 cm³/mol. The van der Waals surface area contributed by atoms with Gasteiger partial charge in [-0.05, 0) is 100 Å². The lowest BCUT2D eigenvalue weighted by molar-refractivity contribution is -0.198. The summed E-state index contributed by atoms with van der Waals surface area (Å²) >= 11 is 0. The van der Waals surface area contributed by atoms with E-state index >= 15 is 0 Å². The van der Waals surface area contributed by atoms with E-state index in [0.717, 1.165) is 56.9 Å². The summed E-state index contributed by atoms with van der Waals surface area (Å²) in [7, 11) is 0. The van der Waals surface area contributed by atoms with Crippen LogP contribution in [0.4, 0.5) is 9.59 Å². The summed E-state index contributed by atoms with van der Waals surface area (Å²) in [6.07, 6.45) is 2.69. The van der Waals surface area contributed by atoms with Crippen LogP contribution in [0.2, 0.25) is 0 Å². The van der Waals surface area contributed by atoms with Gasteiger partial charge in [-0.1, -0.05) is 38.3 Å². The molecule has 4 aliphatic carbocycles. The van der Waals surface area contributed by atoms with Crippen molar-refractivity contribution in [3.05, 3.63) is 29.8 Å². The van der Waals surface area contributed by atoms with Crippen LogP contribution in [0.25, 0.3) is 0 Å². The number of rotatable bonds is 25. The molecular formula is C43H67N5O12. The largest absolute Gasteiger partial charge is 0.492 e. The van der Waals surface area contributed by atoms with E-state index in [2.05, 4.69) is 18.3 Å². The van der Waals surface area contributed by atoms with Gasteiger partial charge >= 0.3 is 12.2 Å². The van der Waals surface area contributed by atoms with E-state index in [4.69, 9.17) is 19.3 Å². The number of aliphatic hydroxyl groups is 5. The van der Waals surface area contributed by atoms with Gasteiger partial charge in [0, 0.05) is 19.6 Å². The van der Waals surface area contributed by atoms with E-state index in [-0.39, 0.29) is 57.2 Å². The Labute approximate surface area is 353 Å². The summed E-state index contributed by atoms with van der Waals surface area (Å²) in [5, 5.41) is 72.2. The third kappa shape index (κ3) is 12.7. The first kappa shape index (κ1) is 47.3. The van der Waals surface area contributed by atoms with E-state index in [1.807, 2.05) is 29.2 Å². The van der Waals surface area contributed by atoms with Crippen LogP contribution in [0.5, 0.6) is 5.75 Å². The summed E-state index contributed by atoms with van der Waals surface area (Å²) in [5.41, 5.74) is -0.236. The molecule has 0 spiro atoms. The van der Waals surface area contributed by atoms with Crippen LogP contribution in [0.3, 0.4) is 0 Å². The normalized spacial score (nSPS) is 26.3. The molecule has 1 aliphatic heterocycles. The molecule has 3 unspecified atom stereocenters. The Kier molecular flexibility index (Phi) is 17.6. The molecule has 5 fully saturated rings. The van der Waals surface area contributed by atoms with Gasteiger partial charge in [0.05, 0.1) is 43.1 Å². The first-order valence-corrected chi connectivity index (χ1v) is 21.8. The number of nitrogens with zero attached hydrogens (tertiary/aromatic N) is 4. The fourth-order valence-electron chi connectivity index (χ4n) is 10.3. The second-order valence-electron chi connectivity index (χ2n) is 17.4. The molecule has 0 radical (unpaired) electrons. The number of carbonyl (C=O) groups is 3. The fraction of sp³-hybridized carbons (Fsp3) is 0.767. The van der Waals surface area contributed by atoms with Gasteiger partial charge < -0.3 is 60.0 Å². The Morgan fingerprint density at radius 2 is 1.68 bits per heavy atom. The highest BCUT2D eigenvalue weighted by Gasteiger charge is 2.61. The average Bonchev–Trinajstić information content (AvgIpc) is 3.72. The molecule has 60 heavy (non-hydrogen) atoms. The van der Waals surface area contributed by atoms with E-state index < -0.39 is 60.4 Å². The third-order valence-electron chi connectivity index (χ3n) is 12.9. The van der Waals surface area contributed by atoms with Crippen LogP contribution >= 0.6 is 0 Å². The summed E-state index contributed by atoms with van der Waals surface area (Å²) in [5.74, 6) is 0.852. The van der Waals surface area contributed by atoms with Crippen LogP contribution in [0.1, 0.15) is 89.5 Å². The number of ether oxygens (including phenoxy) is 3. The Morgan fingerprint density at radius 3 is 2.35 bits per heavy atom. The fourth-order valence-corrected chi connectivity index (χ4v) is 10.3. The molecule has 1 aromatic rings. The zero-order valence-corrected chi connectivity index (χ0v) is 35.0. The average molecular weight is 846 g/mol. The number of unbranched alkanes of at least 4 members (excludes halogenated alkanes) is 3. The van der Waals surface area contributed by atoms with Crippen molar-refractivity contribution in [3.8, 4) is 11.8 Å². The molecule has 7 N–H and O–H groups in total. The molecule has 4 bridgehead atoms.